The molecular formula is C26H44BrN5O3Si. The number of carbonyl (C=O) groups excluding carboxylic acids is 1. The number of imidazole rings is 1. The average molecular weight is 583 g/mol. The molecule has 8 nitrogen and oxygen atoms in total. The molecule has 1 atom stereocenters. The summed E-state index contributed by atoms with van der Waals surface area (Å²) in [6.45, 7) is 19.8. The van der Waals surface area contributed by atoms with Crippen molar-refractivity contribution < 1.29 is 14.3 Å². The van der Waals surface area contributed by atoms with E-state index in [1.807, 2.05) is 33.8 Å². The van der Waals surface area contributed by atoms with E-state index < -0.39 is 20.5 Å². The molecule has 0 aliphatic heterocycles. The van der Waals surface area contributed by atoms with Crippen molar-refractivity contribution in [2.75, 3.05) is 6.61 Å². The highest BCUT2D eigenvalue weighted by atomic mass is 79.9. The molecule has 36 heavy (non-hydrogen) atoms. The third-order valence-corrected chi connectivity index (χ3v) is 7.51. The third-order valence-electron chi connectivity index (χ3n) is 5.40. The van der Waals surface area contributed by atoms with Gasteiger partial charge in [0, 0.05) is 39.5 Å². The van der Waals surface area contributed by atoms with Gasteiger partial charge in [0.05, 0.1) is 5.69 Å². The van der Waals surface area contributed by atoms with Crippen molar-refractivity contribution in [3.8, 4) is 11.4 Å². The first-order chi connectivity index (χ1) is 16.7. The van der Waals surface area contributed by atoms with E-state index in [1.165, 1.54) is 6.04 Å². The fourth-order valence-electron chi connectivity index (χ4n) is 3.69. The lowest BCUT2D eigenvalue weighted by atomic mass is 9.96. The molecule has 2 heterocycles. The topological polar surface area (TPSA) is 91.2 Å². The van der Waals surface area contributed by atoms with Gasteiger partial charge in [0.1, 0.15) is 34.3 Å². The number of nitrogens with one attached hydrogen (secondary N) is 1. The lowest BCUT2D eigenvalue weighted by molar-refractivity contribution is 0.0506. The predicted octanol–water partition coefficient (Wildman–Crippen LogP) is 6.10. The number of hydrogen-bond donors (Lipinski definition) is 1. The van der Waals surface area contributed by atoms with Crippen molar-refractivity contribution in [3.63, 3.8) is 0 Å². The molecule has 0 spiro atoms. The minimum Gasteiger partial charge on any atom is -0.444 e. The van der Waals surface area contributed by atoms with E-state index in [-0.39, 0.29) is 11.5 Å². The van der Waals surface area contributed by atoms with Crippen LogP contribution in [0.15, 0.2) is 16.9 Å². The molecule has 0 aromatic carbocycles. The van der Waals surface area contributed by atoms with Crippen molar-refractivity contribution in [1.82, 2.24) is 24.8 Å². The molecule has 10 heteroatoms. The Morgan fingerprint density at radius 3 is 2.50 bits per heavy atom. The monoisotopic (exact) mass is 581 g/mol. The molecule has 0 bridgehead atoms. The number of amides is 1. The Hall–Kier alpha value is -1.78. The smallest absolute Gasteiger partial charge is 0.407 e. The van der Waals surface area contributed by atoms with Crippen LogP contribution in [0.1, 0.15) is 73.0 Å². The van der Waals surface area contributed by atoms with E-state index in [4.69, 9.17) is 19.4 Å². The number of nitrogens with zero attached hydrogens (tertiary/aromatic N) is 4. The van der Waals surface area contributed by atoms with Gasteiger partial charge in [-0.05, 0) is 62.5 Å². The third kappa shape index (κ3) is 9.93. The molecular weight excluding hydrogens is 538 g/mol. The summed E-state index contributed by atoms with van der Waals surface area (Å²) in [7, 11) is -0.571. The van der Waals surface area contributed by atoms with Gasteiger partial charge in [-0.2, -0.15) is 0 Å². The van der Waals surface area contributed by atoms with Crippen LogP contribution in [0, 0.1) is 0 Å². The molecule has 0 unspecified atom stereocenters. The first kappa shape index (κ1) is 30.4. The fourth-order valence-corrected chi connectivity index (χ4v) is 5.26. The maximum absolute atomic E-state index is 12.0. The molecule has 1 amide bonds. The van der Waals surface area contributed by atoms with Gasteiger partial charge in [0.15, 0.2) is 0 Å². The van der Waals surface area contributed by atoms with E-state index >= 15 is 0 Å². The predicted molar refractivity (Wildman–Crippen MR) is 151 cm³/mol. The standard InChI is InChI=1S/C26H44BrN5O3Si/c1-18(29-24(33)35-26(5,6)7)11-12-20-28-14-13-19(30-20)21-22(27)31-23(25(2,3)4)32(21)17-34-15-10-16-36(8)9/h13-14,18,36H,10-12,15-17H2,1-9H3,(H,29,33)/t18-/m0/s1. The number of halogens is 1. The van der Waals surface area contributed by atoms with E-state index in [1.54, 1.807) is 6.20 Å². The number of rotatable bonds is 11. The van der Waals surface area contributed by atoms with Crippen molar-refractivity contribution in [2.24, 2.45) is 0 Å². The Labute approximate surface area is 226 Å². The SMILES string of the molecule is C[C@@H](CCc1nccc(-c2c(Br)nc(C(C)(C)C)n2COCCC[SiH](C)C)n1)NC(=O)OC(C)(C)C. The molecule has 202 valence electrons. The molecule has 0 saturated carbocycles. The van der Waals surface area contributed by atoms with Crippen molar-refractivity contribution >= 4 is 30.8 Å². The van der Waals surface area contributed by atoms with Gasteiger partial charge in [0.2, 0.25) is 0 Å². The normalized spacial score (nSPS) is 13.2. The van der Waals surface area contributed by atoms with Crippen LogP contribution in [0.4, 0.5) is 4.79 Å². The Balaban J connectivity index is 2.17. The summed E-state index contributed by atoms with van der Waals surface area (Å²) in [5.41, 5.74) is 0.999. The molecule has 0 radical (unpaired) electrons. The highest BCUT2D eigenvalue weighted by Crippen LogP contribution is 2.33. The molecule has 2 aromatic rings. The number of aromatic nitrogens is 4. The van der Waals surface area contributed by atoms with Crippen LogP contribution < -0.4 is 5.32 Å². The molecule has 0 saturated heterocycles. The largest absolute Gasteiger partial charge is 0.444 e. The van der Waals surface area contributed by atoms with Gasteiger partial charge in [-0.25, -0.2) is 19.7 Å². The fraction of sp³-hybridized carbons (Fsp3) is 0.692. The van der Waals surface area contributed by atoms with Gasteiger partial charge in [-0.1, -0.05) is 39.9 Å². The van der Waals surface area contributed by atoms with Crippen LogP contribution in [-0.2, 0) is 28.0 Å². The van der Waals surface area contributed by atoms with Crippen LogP contribution in [0.2, 0.25) is 19.1 Å². The lowest BCUT2D eigenvalue weighted by Crippen LogP contribution is -2.37. The van der Waals surface area contributed by atoms with Crippen molar-refractivity contribution in [1.29, 1.82) is 0 Å². The summed E-state index contributed by atoms with van der Waals surface area (Å²) in [6, 6.07) is 3.11. The van der Waals surface area contributed by atoms with Crippen LogP contribution >= 0.6 is 15.9 Å². The van der Waals surface area contributed by atoms with Crippen molar-refractivity contribution in [3.05, 3.63) is 28.5 Å². The first-order valence-electron chi connectivity index (χ1n) is 12.8. The van der Waals surface area contributed by atoms with Crippen LogP contribution in [0.5, 0.6) is 0 Å². The minimum absolute atomic E-state index is 0.0702. The van der Waals surface area contributed by atoms with Crippen molar-refractivity contribution in [2.45, 2.75) is 111 Å². The Bertz CT molecular complexity index is 998. The van der Waals surface area contributed by atoms with Gasteiger partial charge < -0.3 is 19.4 Å². The van der Waals surface area contributed by atoms with E-state index in [9.17, 15) is 4.79 Å². The second-order valence-electron chi connectivity index (χ2n) is 11.8. The van der Waals surface area contributed by atoms with Gasteiger partial charge in [-0.3, -0.25) is 0 Å². The zero-order valence-electron chi connectivity index (χ0n) is 23.4. The highest BCUT2D eigenvalue weighted by molar-refractivity contribution is 9.10. The Morgan fingerprint density at radius 2 is 1.89 bits per heavy atom. The highest BCUT2D eigenvalue weighted by Gasteiger charge is 2.27. The second kappa shape index (κ2) is 13.1. The molecule has 1 N–H and O–H groups in total. The summed E-state index contributed by atoms with van der Waals surface area (Å²) >= 11 is 3.67. The number of ether oxygens (including phenoxy) is 2. The average Bonchev–Trinajstić information content (AvgIpc) is 3.07. The Morgan fingerprint density at radius 1 is 1.19 bits per heavy atom. The lowest BCUT2D eigenvalue weighted by Gasteiger charge is -2.22. The van der Waals surface area contributed by atoms with Gasteiger partial charge >= 0.3 is 6.09 Å². The number of hydrogen-bond acceptors (Lipinski definition) is 6. The molecule has 2 aromatic heterocycles. The molecule has 2 rings (SSSR count). The molecule has 0 aliphatic carbocycles. The van der Waals surface area contributed by atoms with E-state index in [0.717, 1.165) is 34.8 Å². The van der Waals surface area contributed by atoms with E-state index in [0.29, 0.717) is 25.4 Å². The molecule has 0 fully saturated rings. The maximum atomic E-state index is 12.0. The summed E-state index contributed by atoms with van der Waals surface area (Å²) in [4.78, 5) is 26.2. The minimum atomic E-state index is -0.571. The Kier molecular flexibility index (Phi) is 11.1. The summed E-state index contributed by atoms with van der Waals surface area (Å²) < 4.78 is 14.3. The zero-order valence-corrected chi connectivity index (χ0v) is 26.2. The number of aryl methyl sites for hydroxylation is 1. The quantitative estimate of drug-likeness (QED) is 0.255. The van der Waals surface area contributed by atoms with Crippen LogP contribution in [-0.4, -0.2) is 52.7 Å². The summed E-state index contributed by atoms with van der Waals surface area (Å²) in [5, 5.41) is 2.88. The summed E-state index contributed by atoms with van der Waals surface area (Å²) in [5.74, 6) is 1.66. The molecule has 0 aliphatic rings. The van der Waals surface area contributed by atoms with Gasteiger partial charge in [-0.15, -0.1) is 0 Å². The maximum Gasteiger partial charge on any atom is 0.407 e. The van der Waals surface area contributed by atoms with Crippen LogP contribution in [0.3, 0.4) is 0 Å². The second-order valence-corrected chi connectivity index (χ2v) is 15.9. The summed E-state index contributed by atoms with van der Waals surface area (Å²) in [6.07, 6.45) is 3.77. The van der Waals surface area contributed by atoms with Gasteiger partial charge in [0.25, 0.3) is 0 Å². The zero-order chi connectivity index (χ0) is 27.1. The number of alkyl carbamates (subject to hydrolysis) is 1. The van der Waals surface area contributed by atoms with Crippen LogP contribution in [0.25, 0.3) is 11.4 Å². The first-order valence-corrected chi connectivity index (χ1v) is 16.8. The van der Waals surface area contributed by atoms with E-state index in [2.05, 4.69) is 64.7 Å². The number of carbonyl (C=O) groups is 1.